The minimum absolute atomic E-state index is 0.182. The van der Waals surface area contributed by atoms with E-state index in [1.165, 1.54) is 22.3 Å². The van der Waals surface area contributed by atoms with Gasteiger partial charge in [0.05, 0.1) is 0 Å². The van der Waals surface area contributed by atoms with Gasteiger partial charge in [0.15, 0.2) is 0 Å². The highest BCUT2D eigenvalue weighted by molar-refractivity contribution is 5.88. The van der Waals surface area contributed by atoms with Crippen LogP contribution in [0.25, 0.3) is 11.1 Å². The first-order valence-electron chi connectivity index (χ1n) is 12.2. The largest absolute Gasteiger partial charge is 0.334 e. The Morgan fingerprint density at radius 1 is 1.00 bits per heavy atom. The highest BCUT2D eigenvalue weighted by atomic mass is 16.2. The first kappa shape index (κ1) is 22.4. The number of carbonyl (C=O) groups is 1. The molecule has 1 amide bonds. The maximum absolute atomic E-state index is 14.1. The van der Waals surface area contributed by atoms with Crippen LogP contribution in [0.5, 0.6) is 0 Å². The van der Waals surface area contributed by atoms with E-state index in [-0.39, 0.29) is 11.9 Å². The van der Waals surface area contributed by atoms with Gasteiger partial charge in [-0.05, 0) is 66.6 Å². The number of piperazine rings is 1. The van der Waals surface area contributed by atoms with Crippen molar-refractivity contribution in [1.29, 1.82) is 0 Å². The van der Waals surface area contributed by atoms with Crippen LogP contribution in [0, 0.1) is 13.8 Å². The molecule has 0 aromatic heterocycles. The molecule has 0 bridgehead atoms. The predicted octanol–water partition coefficient (Wildman–Crippen LogP) is 5.45. The lowest BCUT2D eigenvalue weighted by Gasteiger charge is -2.41. The summed E-state index contributed by atoms with van der Waals surface area (Å²) in [5, 5.41) is 3.42. The van der Waals surface area contributed by atoms with Crippen molar-refractivity contribution in [2.24, 2.45) is 0 Å². The summed E-state index contributed by atoms with van der Waals surface area (Å²) in [4.78, 5) is 18.3. The number of hydrogen-bond donors (Lipinski definition) is 1. The molecule has 5 rings (SSSR count). The molecule has 1 atom stereocenters. The topological polar surface area (TPSA) is 35.6 Å². The summed E-state index contributed by atoms with van der Waals surface area (Å²) >= 11 is 0. The van der Waals surface area contributed by atoms with Gasteiger partial charge in [0.1, 0.15) is 6.04 Å². The monoisotopic (exact) mass is 451 g/mol. The van der Waals surface area contributed by atoms with Crippen LogP contribution in [0.4, 0.5) is 5.69 Å². The van der Waals surface area contributed by atoms with E-state index in [2.05, 4.69) is 102 Å². The molecule has 1 N–H and O–H groups in total. The molecule has 0 spiro atoms. The Morgan fingerprint density at radius 3 is 2.50 bits per heavy atom. The third-order valence-electron chi connectivity index (χ3n) is 7.16. The molecule has 34 heavy (non-hydrogen) atoms. The van der Waals surface area contributed by atoms with Crippen LogP contribution in [0.2, 0.25) is 0 Å². The number of hydrogen-bond acceptors (Lipinski definition) is 3. The molecule has 4 heteroatoms. The second-order valence-electron chi connectivity index (χ2n) is 9.56. The number of nitrogens with zero attached hydrogens (tertiary/aromatic N) is 2. The lowest BCUT2D eigenvalue weighted by Crippen LogP contribution is -2.57. The molecule has 1 aliphatic heterocycles. The Kier molecular flexibility index (Phi) is 6.25. The zero-order valence-corrected chi connectivity index (χ0v) is 20.1. The fraction of sp³-hybridized carbons (Fsp3) is 0.300. The Morgan fingerprint density at radius 2 is 1.74 bits per heavy atom. The first-order valence-corrected chi connectivity index (χ1v) is 12.2. The Labute approximate surface area is 202 Å². The van der Waals surface area contributed by atoms with E-state index in [1.54, 1.807) is 0 Å². The van der Waals surface area contributed by atoms with Crippen LogP contribution in [0.1, 0.15) is 29.5 Å². The molecule has 3 aromatic rings. The van der Waals surface area contributed by atoms with Crippen LogP contribution >= 0.6 is 0 Å². The summed E-state index contributed by atoms with van der Waals surface area (Å²) in [5.41, 5.74) is 8.05. The van der Waals surface area contributed by atoms with Crippen LogP contribution in [-0.2, 0) is 11.3 Å². The van der Waals surface area contributed by atoms with Gasteiger partial charge in [0, 0.05) is 37.1 Å². The summed E-state index contributed by atoms with van der Waals surface area (Å²) in [6.07, 6.45) is 2.17. The van der Waals surface area contributed by atoms with E-state index in [1.807, 2.05) is 6.07 Å². The average molecular weight is 452 g/mol. The fourth-order valence-electron chi connectivity index (χ4n) is 4.91. The van der Waals surface area contributed by atoms with Gasteiger partial charge in [-0.15, -0.1) is 0 Å². The maximum atomic E-state index is 14.1. The Bertz CT molecular complexity index is 1200. The van der Waals surface area contributed by atoms with Gasteiger partial charge in [-0.2, -0.15) is 0 Å². The summed E-state index contributed by atoms with van der Waals surface area (Å²) in [6.45, 7) is 10.6. The second kappa shape index (κ2) is 9.47. The van der Waals surface area contributed by atoms with E-state index in [0.717, 1.165) is 29.8 Å². The molecule has 0 radical (unpaired) electrons. The maximum Gasteiger partial charge on any atom is 0.247 e. The quantitative estimate of drug-likeness (QED) is 0.541. The summed E-state index contributed by atoms with van der Waals surface area (Å²) < 4.78 is 0. The summed E-state index contributed by atoms with van der Waals surface area (Å²) in [5.74, 6) is 0.182. The minimum Gasteiger partial charge on any atom is -0.334 e. The van der Waals surface area contributed by atoms with Crippen molar-refractivity contribution >= 4 is 11.6 Å². The van der Waals surface area contributed by atoms with Gasteiger partial charge in [-0.3, -0.25) is 4.79 Å². The molecular weight excluding hydrogens is 418 g/mol. The molecule has 1 aliphatic carbocycles. The van der Waals surface area contributed by atoms with Gasteiger partial charge in [-0.25, -0.2) is 0 Å². The highest BCUT2D eigenvalue weighted by Gasteiger charge is 2.40. The number of anilines is 1. The first-order chi connectivity index (χ1) is 16.5. The van der Waals surface area contributed by atoms with E-state index < -0.39 is 0 Å². The lowest BCUT2D eigenvalue weighted by atomic mass is 10.0. The molecule has 3 aromatic carbocycles. The third kappa shape index (κ3) is 4.51. The van der Waals surface area contributed by atoms with Gasteiger partial charge >= 0.3 is 0 Å². The predicted molar refractivity (Wildman–Crippen MR) is 140 cm³/mol. The van der Waals surface area contributed by atoms with Crippen LogP contribution in [0.3, 0.4) is 0 Å². The summed E-state index contributed by atoms with van der Waals surface area (Å²) in [6, 6.07) is 25.3. The normalized spacial score (nSPS) is 18.1. The number of benzene rings is 3. The Hall–Kier alpha value is -3.37. The molecule has 174 valence electrons. The molecule has 2 fully saturated rings. The van der Waals surface area contributed by atoms with Crippen LogP contribution < -0.4 is 10.2 Å². The Balaban J connectivity index is 1.46. The number of amides is 1. The number of aryl methyl sites for hydroxylation is 1. The van der Waals surface area contributed by atoms with Gasteiger partial charge in [-0.1, -0.05) is 67.2 Å². The number of nitrogens with one attached hydrogen (secondary N) is 1. The molecular formula is C30H33N3O. The molecule has 1 saturated carbocycles. The molecule has 2 aliphatic rings. The number of rotatable bonds is 6. The smallest absolute Gasteiger partial charge is 0.247 e. The lowest BCUT2D eigenvalue weighted by molar-refractivity contribution is -0.133. The van der Waals surface area contributed by atoms with E-state index in [4.69, 9.17) is 0 Å². The van der Waals surface area contributed by atoms with Crippen molar-refractivity contribution < 1.29 is 4.79 Å². The average Bonchev–Trinajstić information content (AvgIpc) is 3.70. The third-order valence-corrected chi connectivity index (χ3v) is 7.16. The molecule has 1 saturated heterocycles. The highest BCUT2D eigenvalue weighted by Crippen LogP contribution is 2.33. The fourth-order valence-corrected chi connectivity index (χ4v) is 4.91. The van der Waals surface area contributed by atoms with Crippen molar-refractivity contribution in [3.63, 3.8) is 0 Å². The summed E-state index contributed by atoms with van der Waals surface area (Å²) in [7, 11) is 0. The van der Waals surface area contributed by atoms with Gasteiger partial charge in [0.2, 0.25) is 5.91 Å². The van der Waals surface area contributed by atoms with Crippen LogP contribution in [0.15, 0.2) is 85.1 Å². The van der Waals surface area contributed by atoms with Gasteiger partial charge in [0.25, 0.3) is 0 Å². The van der Waals surface area contributed by atoms with Gasteiger partial charge < -0.3 is 15.1 Å². The van der Waals surface area contributed by atoms with Crippen molar-refractivity contribution in [1.82, 2.24) is 10.2 Å². The van der Waals surface area contributed by atoms with E-state index in [9.17, 15) is 4.79 Å². The van der Waals surface area contributed by atoms with Crippen LogP contribution in [-0.4, -0.2) is 36.0 Å². The minimum atomic E-state index is -0.307. The van der Waals surface area contributed by atoms with Crippen molar-refractivity contribution in [2.45, 2.75) is 45.3 Å². The molecule has 1 unspecified atom stereocenters. The van der Waals surface area contributed by atoms with E-state index in [0.29, 0.717) is 25.7 Å². The second-order valence-corrected chi connectivity index (χ2v) is 9.56. The van der Waals surface area contributed by atoms with Crippen molar-refractivity contribution in [2.75, 3.05) is 18.0 Å². The number of carbonyl (C=O) groups excluding carboxylic acids is 1. The van der Waals surface area contributed by atoms with Crippen molar-refractivity contribution in [3.05, 3.63) is 102 Å². The standard InChI is InChI=1S/C30H33N3O/c1-21-9-7-13-26(23(21)3)20-32(27-15-16-27)30(34)29-19-31-18-22(2)33(29)28-14-8-12-25(17-28)24-10-5-4-6-11-24/h4-14,17,27,29,31H,2,15-16,18-20H2,1,3H3. The van der Waals surface area contributed by atoms with Crippen molar-refractivity contribution in [3.8, 4) is 11.1 Å². The molecule has 1 heterocycles. The SMILES string of the molecule is C=C1CNCC(C(=O)N(Cc2cccc(C)c2C)C2CC2)N1c1cccc(-c2ccccc2)c1. The zero-order valence-electron chi connectivity index (χ0n) is 20.1. The molecule has 4 nitrogen and oxygen atoms in total. The zero-order chi connectivity index (χ0) is 23.7. The van der Waals surface area contributed by atoms with E-state index >= 15 is 0 Å².